The third kappa shape index (κ3) is 4.11. The Morgan fingerprint density at radius 1 is 1.35 bits per heavy atom. The van der Waals surface area contributed by atoms with Crippen molar-refractivity contribution in [1.29, 1.82) is 0 Å². The summed E-state index contributed by atoms with van der Waals surface area (Å²) in [4.78, 5) is 2.31. The molecule has 3 heteroatoms. The second-order valence-electron chi connectivity index (χ2n) is 4.44. The van der Waals surface area contributed by atoms with E-state index in [1.165, 1.54) is 11.1 Å². The lowest BCUT2D eigenvalue weighted by molar-refractivity contribution is 0.166. The van der Waals surface area contributed by atoms with Crippen molar-refractivity contribution in [3.05, 3.63) is 35.4 Å². The van der Waals surface area contributed by atoms with E-state index in [9.17, 15) is 0 Å². The van der Waals surface area contributed by atoms with Crippen molar-refractivity contribution in [2.24, 2.45) is 5.73 Å². The van der Waals surface area contributed by atoms with Crippen LogP contribution in [0.1, 0.15) is 23.6 Å². The molecule has 0 bridgehead atoms. The van der Waals surface area contributed by atoms with Gasteiger partial charge in [-0.05, 0) is 31.5 Å². The fraction of sp³-hybridized carbons (Fsp3) is 0.571. The molecule has 0 radical (unpaired) electrons. The quantitative estimate of drug-likeness (QED) is 0.736. The summed E-state index contributed by atoms with van der Waals surface area (Å²) in [6.45, 7) is 4.59. The maximum absolute atomic E-state index is 5.91. The lowest BCUT2D eigenvalue weighted by Crippen LogP contribution is -2.32. The lowest BCUT2D eigenvalue weighted by atomic mass is 10.0. The molecular weight excluding hydrogens is 212 g/mol. The summed E-state index contributed by atoms with van der Waals surface area (Å²) in [7, 11) is 3.86. The third-order valence-electron chi connectivity index (χ3n) is 3.16. The van der Waals surface area contributed by atoms with Crippen molar-refractivity contribution in [2.75, 3.05) is 33.9 Å². The predicted octanol–water partition coefficient (Wildman–Crippen LogP) is 1.96. The van der Waals surface area contributed by atoms with Crippen LogP contribution in [0.3, 0.4) is 0 Å². The molecule has 2 N–H and O–H groups in total. The topological polar surface area (TPSA) is 38.5 Å². The third-order valence-corrected chi connectivity index (χ3v) is 3.16. The van der Waals surface area contributed by atoms with Gasteiger partial charge in [0.2, 0.25) is 0 Å². The van der Waals surface area contributed by atoms with E-state index in [1.54, 1.807) is 7.11 Å². The Hall–Kier alpha value is -0.900. The highest BCUT2D eigenvalue weighted by molar-refractivity contribution is 5.29. The number of nitrogens with two attached hydrogens (primary N) is 1. The number of benzene rings is 1. The van der Waals surface area contributed by atoms with Crippen LogP contribution >= 0.6 is 0 Å². The summed E-state index contributed by atoms with van der Waals surface area (Å²) in [5, 5.41) is 0. The van der Waals surface area contributed by atoms with E-state index >= 15 is 0 Å². The Kier molecular flexibility index (Phi) is 6.19. The molecule has 0 aliphatic rings. The summed E-state index contributed by atoms with van der Waals surface area (Å²) in [6, 6.07) is 8.75. The summed E-state index contributed by atoms with van der Waals surface area (Å²) in [6.07, 6.45) is 1.04. The number of hydrogen-bond donors (Lipinski definition) is 1. The molecular formula is C14H24N2O. The van der Waals surface area contributed by atoms with Gasteiger partial charge in [-0.1, -0.05) is 24.3 Å². The van der Waals surface area contributed by atoms with Gasteiger partial charge in [0.1, 0.15) is 0 Å². The van der Waals surface area contributed by atoms with E-state index in [2.05, 4.69) is 43.1 Å². The van der Waals surface area contributed by atoms with E-state index in [0.717, 1.165) is 19.6 Å². The SMILES string of the molecule is COCCCN(C)C(CN)c1ccccc1C. The van der Waals surface area contributed by atoms with Gasteiger partial charge >= 0.3 is 0 Å². The van der Waals surface area contributed by atoms with E-state index in [-0.39, 0.29) is 0 Å². The molecule has 1 atom stereocenters. The molecule has 0 spiro atoms. The van der Waals surface area contributed by atoms with Crippen LogP contribution in [-0.2, 0) is 4.74 Å². The normalized spacial score (nSPS) is 13.0. The number of aryl methyl sites for hydroxylation is 1. The lowest BCUT2D eigenvalue weighted by Gasteiger charge is -2.28. The fourth-order valence-electron chi connectivity index (χ4n) is 2.12. The van der Waals surface area contributed by atoms with Crippen LogP contribution in [0.5, 0.6) is 0 Å². The smallest absolute Gasteiger partial charge is 0.0474 e. The second-order valence-corrected chi connectivity index (χ2v) is 4.44. The first-order valence-corrected chi connectivity index (χ1v) is 6.15. The minimum atomic E-state index is 0.299. The van der Waals surface area contributed by atoms with Crippen molar-refractivity contribution in [2.45, 2.75) is 19.4 Å². The van der Waals surface area contributed by atoms with Gasteiger partial charge in [0, 0.05) is 32.8 Å². The molecule has 1 unspecified atom stereocenters. The van der Waals surface area contributed by atoms with Crippen molar-refractivity contribution < 1.29 is 4.74 Å². The van der Waals surface area contributed by atoms with Gasteiger partial charge < -0.3 is 10.5 Å². The first-order valence-electron chi connectivity index (χ1n) is 6.15. The van der Waals surface area contributed by atoms with Crippen LogP contribution < -0.4 is 5.73 Å². The summed E-state index contributed by atoms with van der Waals surface area (Å²) in [5.74, 6) is 0. The molecule has 0 saturated heterocycles. The molecule has 0 aliphatic heterocycles. The van der Waals surface area contributed by atoms with E-state index in [0.29, 0.717) is 12.6 Å². The Labute approximate surface area is 105 Å². The second kappa shape index (κ2) is 7.43. The van der Waals surface area contributed by atoms with E-state index in [1.807, 2.05) is 0 Å². The average molecular weight is 236 g/mol. The van der Waals surface area contributed by atoms with Gasteiger partial charge in [-0.3, -0.25) is 4.90 Å². The Morgan fingerprint density at radius 3 is 2.65 bits per heavy atom. The van der Waals surface area contributed by atoms with Gasteiger partial charge in [-0.25, -0.2) is 0 Å². The number of rotatable bonds is 7. The molecule has 0 amide bonds. The van der Waals surface area contributed by atoms with Crippen molar-refractivity contribution in [3.8, 4) is 0 Å². The zero-order valence-corrected chi connectivity index (χ0v) is 11.1. The first-order chi connectivity index (χ1) is 8.20. The molecule has 0 heterocycles. The van der Waals surface area contributed by atoms with Gasteiger partial charge in [0.25, 0.3) is 0 Å². The van der Waals surface area contributed by atoms with E-state index in [4.69, 9.17) is 10.5 Å². The van der Waals surface area contributed by atoms with Gasteiger partial charge in [0.05, 0.1) is 0 Å². The largest absolute Gasteiger partial charge is 0.385 e. The van der Waals surface area contributed by atoms with Crippen LogP contribution in [0.25, 0.3) is 0 Å². The van der Waals surface area contributed by atoms with Crippen molar-refractivity contribution in [1.82, 2.24) is 4.90 Å². The van der Waals surface area contributed by atoms with Crippen molar-refractivity contribution in [3.63, 3.8) is 0 Å². The summed E-state index contributed by atoms with van der Waals surface area (Å²) in [5.41, 5.74) is 8.54. The number of likely N-dealkylation sites (N-methyl/N-ethyl adjacent to an activating group) is 1. The predicted molar refractivity (Wildman–Crippen MR) is 72.1 cm³/mol. The van der Waals surface area contributed by atoms with Crippen LogP contribution in [-0.4, -0.2) is 38.8 Å². The van der Waals surface area contributed by atoms with Crippen molar-refractivity contribution >= 4 is 0 Å². The zero-order valence-electron chi connectivity index (χ0n) is 11.1. The minimum Gasteiger partial charge on any atom is -0.385 e. The van der Waals surface area contributed by atoms with Crippen LogP contribution in [0, 0.1) is 6.92 Å². The molecule has 0 saturated carbocycles. The Morgan fingerprint density at radius 2 is 2.06 bits per heavy atom. The molecule has 0 aliphatic carbocycles. The molecule has 1 aromatic rings. The molecule has 3 nitrogen and oxygen atoms in total. The Bertz CT molecular complexity index is 328. The maximum Gasteiger partial charge on any atom is 0.0474 e. The molecule has 17 heavy (non-hydrogen) atoms. The number of nitrogens with zero attached hydrogens (tertiary/aromatic N) is 1. The monoisotopic (exact) mass is 236 g/mol. The van der Waals surface area contributed by atoms with E-state index < -0.39 is 0 Å². The maximum atomic E-state index is 5.91. The number of methoxy groups -OCH3 is 1. The molecule has 1 aromatic carbocycles. The van der Waals surface area contributed by atoms with Gasteiger partial charge in [-0.15, -0.1) is 0 Å². The summed E-state index contributed by atoms with van der Waals surface area (Å²) < 4.78 is 5.08. The zero-order chi connectivity index (χ0) is 12.7. The number of ether oxygens (including phenoxy) is 1. The fourth-order valence-corrected chi connectivity index (χ4v) is 2.12. The standard InChI is InChI=1S/C14H24N2O/c1-12-7-4-5-8-13(12)14(11-15)16(2)9-6-10-17-3/h4-5,7-8,14H,6,9-11,15H2,1-3H3. The Balaban J connectivity index is 2.67. The van der Waals surface area contributed by atoms with Gasteiger partial charge in [-0.2, -0.15) is 0 Å². The highest BCUT2D eigenvalue weighted by Crippen LogP contribution is 2.21. The molecule has 0 aromatic heterocycles. The van der Waals surface area contributed by atoms with Gasteiger partial charge in [0.15, 0.2) is 0 Å². The minimum absolute atomic E-state index is 0.299. The highest BCUT2D eigenvalue weighted by atomic mass is 16.5. The average Bonchev–Trinajstić information content (AvgIpc) is 2.33. The van der Waals surface area contributed by atoms with Crippen LogP contribution in [0.4, 0.5) is 0 Å². The number of hydrogen-bond acceptors (Lipinski definition) is 3. The van der Waals surface area contributed by atoms with Crippen LogP contribution in [0.15, 0.2) is 24.3 Å². The van der Waals surface area contributed by atoms with Crippen LogP contribution in [0.2, 0.25) is 0 Å². The highest BCUT2D eigenvalue weighted by Gasteiger charge is 2.16. The molecule has 1 rings (SSSR count). The molecule has 96 valence electrons. The first kappa shape index (κ1) is 14.2. The summed E-state index contributed by atoms with van der Waals surface area (Å²) >= 11 is 0. The molecule has 0 fully saturated rings.